The molecule has 13 heavy (non-hydrogen) atoms. The number of carbonyl (C=O) groups is 1. The Balaban J connectivity index is 0.000000310. The number of halogens is 1. The van der Waals surface area contributed by atoms with E-state index in [4.69, 9.17) is 20.9 Å². The van der Waals surface area contributed by atoms with Crippen LogP contribution in [0.3, 0.4) is 0 Å². The van der Waals surface area contributed by atoms with Crippen LogP contribution in [0.4, 0.5) is 10.5 Å². The SMILES string of the molecule is NNc1ccccc1Br.O=C(O)O. The third-order valence-corrected chi connectivity index (χ3v) is 1.72. The Bertz CT molecular complexity index is 276. The zero-order chi connectivity index (χ0) is 10.3. The molecule has 72 valence electrons. The highest BCUT2D eigenvalue weighted by Crippen LogP contribution is 2.19. The van der Waals surface area contributed by atoms with Crippen LogP contribution in [-0.2, 0) is 0 Å². The first kappa shape index (κ1) is 11.7. The Morgan fingerprint density at radius 2 is 1.85 bits per heavy atom. The van der Waals surface area contributed by atoms with Gasteiger partial charge in [-0.2, -0.15) is 0 Å². The lowest BCUT2D eigenvalue weighted by Crippen LogP contribution is -2.06. The molecule has 0 aliphatic rings. The maximum Gasteiger partial charge on any atom is 0.503 e. The van der Waals surface area contributed by atoms with Gasteiger partial charge in [-0.15, -0.1) is 0 Å². The Morgan fingerprint density at radius 3 is 2.15 bits per heavy atom. The van der Waals surface area contributed by atoms with Crippen molar-refractivity contribution in [2.45, 2.75) is 0 Å². The van der Waals surface area contributed by atoms with Gasteiger partial charge in [0.15, 0.2) is 0 Å². The summed E-state index contributed by atoms with van der Waals surface area (Å²) in [6, 6.07) is 7.67. The van der Waals surface area contributed by atoms with Gasteiger partial charge in [-0.3, -0.25) is 5.84 Å². The highest BCUT2D eigenvalue weighted by Gasteiger charge is 1.91. The third kappa shape index (κ3) is 5.94. The van der Waals surface area contributed by atoms with E-state index in [0.717, 1.165) is 10.2 Å². The van der Waals surface area contributed by atoms with Crippen molar-refractivity contribution in [1.82, 2.24) is 0 Å². The van der Waals surface area contributed by atoms with Gasteiger partial charge >= 0.3 is 6.16 Å². The largest absolute Gasteiger partial charge is 0.503 e. The van der Waals surface area contributed by atoms with Gasteiger partial charge in [0.2, 0.25) is 0 Å². The summed E-state index contributed by atoms with van der Waals surface area (Å²) in [5.41, 5.74) is 3.45. The number of rotatable bonds is 1. The lowest BCUT2D eigenvalue weighted by atomic mass is 10.3. The molecule has 5 N–H and O–H groups in total. The number of carboxylic acid groups (broad SMARTS) is 2. The van der Waals surface area contributed by atoms with Crippen LogP contribution >= 0.6 is 15.9 Å². The molecule has 1 rings (SSSR count). The predicted octanol–water partition coefficient (Wildman–Crippen LogP) is 1.96. The van der Waals surface area contributed by atoms with Gasteiger partial charge in [0, 0.05) is 4.47 Å². The molecular weight excluding hydrogens is 240 g/mol. The number of nitrogens with two attached hydrogens (primary N) is 1. The smallest absolute Gasteiger partial charge is 0.450 e. The number of anilines is 1. The summed E-state index contributed by atoms with van der Waals surface area (Å²) in [4.78, 5) is 8.56. The van der Waals surface area contributed by atoms with Crippen molar-refractivity contribution < 1.29 is 15.0 Å². The number of benzene rings is 1. The normalized spacial score (nSPS) is 8.15. The summed E-state index contributed by atoms with van der Waals surface area (Å²) < 4.78 is 0.979. The van der Waals surface area contributed by atoms with Gasteiger partial charge < -0.3 is 15.6 Å². The van der Waals surface area contributed by atoms with Crippen molar-refractivity contribution in [1.29, 1.82) is 0 Å². The molecule has 1 aromatic rings. The number of para-hydroxylation sites is 1. The van der Waals surface area contributed by atoms with Crippen molar-refractivity contribution in [2.75, 3.05) is 5.43 Å². The number of nitrogen functional groups attached to an aromatic ring is 1. The van der Waals surface area contributed by atoms with Crippen molar-refractivity contribution in [3.05, 3.63) is 28.7 Å². The number of hydrogen-bond donors (Lipinski definition) is 4. The summed E-state index contributed by atoms with van der Waals surface area (Å²) >= 11 is 3.31. The van der Waals surface area contributed by atoms with Gasteiger partial charge in [-0.25, -0.2) is 4.79 Å². The highest BCUT2D eigenvalue weighted by atomic mass is 79.9. The second-order valence-corrected chi connectivity index (χ2v) is 2.76. The molecule has 6 heteroatoms. The van der Waals surface area contributed by atoms with E-state index in [2.05, 4.69) is 21.4 Å². The molecule has 0 saturated carbocycles. The summed E-state index contributed by atoms with van der Waals surface area (Å²) in [6.07, 6.45) is -1.83. The highest BCUT2D eigenvalue weighted by molar-refractivity contribution is 9.10. The van der Waals surface area contributed by atoms with Crippen LogP contribution in [0.1, 0.15) is 0 Å². The van der Waals surface area contributed by atoms with E-state index >= 15 is 0 Å². The minimum atomic E-state index is -1.83. The molecule has 0 aliphatic heterocycles. The fourth-order valence-electron chi connectivity index (χ4n) is 0.578. The molecule has 0 aliphatic carbocycles. The fourth-order valence-corrected chi connectivity index (χ4v) is 0.978. The average Bonchev–Trinajstić information content (AvgIpc) is 2.04. The van der Waals surface area contributed by atoms with Crippen LogP contribution in [-0.4, -0.2) is 16.4 Å². The second kappa shape index (κ2) is 6.27. The zero-order valence-electron chi connectivity index (χ0n) is 6.57. The van der Waals surface area contributed by atoms with Crippen LogP contribution in [0.15, 0.2) is 28.7 Å². The van der Waals surface area contributed by atoms with E-state index in [9.17, 15) is 0 Å². The number of hydrogen-bond acceptors (Lipinski definition) is 3. The van der Waals surface area contributed by atoms with E-state index in [1.807, 2.05) is 24.3 Å². The van der Waals surface area contributed by atoms with E-state index in [1.165, 1.54) is 0 Å². The standard InChI is InChI=1S/C6H7BrN2.CH2O3/c7-5-3-1-2-4-6(5)9-8;2-1(3)4/h1-4,9H,8H2;(H2,2,3,4). The molecule has 0 amide bonds. The van der Waals surface area contributed by atoms with E-state index < -0.39 is 6.16 Å². The maximum absolute atomic E-state index is 8.56. The summed E-state index contributed by atoms with van der Waals surface area (Å²) in [6.45, 7) is 0. The van der Waals surface area contributed by atoms with Gasteiger partial charge in [0.25, 0.3) is 0 Å². The molecule has 0 bridgehead atoms. The second-order valence-electron chi connectivity index (χ2n) is 1.91. The molecule has 0 spiro atoms. The number of nitrogens with one attached hydrogen (secondary N) is 1. The molecule has 0 saturated heterocycles. The molecule has 0 atom stereocenters. The van der Waals surface area contributed by atoms with Crippen molar-refractivity contribution >= 4 is 27.8 Å². The Hall–Kier alpha value is -1.27. The topological polar surface area (TPSA) is 95.6 Å². The first-order chi connectivity index (χ1) is 6.07. The first-order valence-electron chi connectivity index (χ1n) is 3.21. The van der Waals surface area contributed by atoms with Gasteiger partial charge in [-0.05, 0) is 28.1 Å². The van der Waals surface area contributed by atoms with Crippen LogP contribution < -0.4 is 11.3 Å². The summed E-state index contributed by atoms with van der Waals surface area (Å²) in [5.74, 6) is 5.17. The van der Waals surface area contributed by atoms with Crippen LogP contribution in [0, 0.1) is 0 Å². The molecule has 0 radical (unpaired) electrons. The Labute approximate surface area is 83.3 Å². The van der Waals surface area contributed by atoms with Crippen molar-refractivity contribution in [2.24, 2.45) is 5.84 Å². The minimum absolute atomic E-state index is 0.900. The average molecular weight is 249 g/mol. The Kier molecular flexibility index (Phi) is 5.66. The predicted molar refractivity (Wildman–Crippen MR) is 52.6 cm³/mol. The lowest BCUT2D eigenvalue weighted by molar-refractivity contribution is 0.137. The first-order valence-corrected chi connectivity index (χ1v) is 4.00. The monoisotopic (exact) mass is 248 g/mol. The van der Waals surface area contributed by atoms with Crippen molar-refractivity contribution in [3.63, 3.8) is 0 Å². The van der Waals surface area contributed by atoms with Gasteiger partial charge in [0.1, 0.15) is 0 Å². The molecule has 0 aromatic heterocycles. The van der Waals surface area contributed by atoms with E-state index in [1.54, 1.807) is 0 Å². The van der Waals surface area contributed by atoms with Gasteiger partial charge in [-0.1, -0.05) is 12.1 Å². The van der Waals surface area contributed by atoms with Gasteiger partial charge in [0.05, 0.1) is 5.69 Å². The summed E-state index contributed by atoms with van der Waals surface area (Å²) in [5, 5.41) is 13.9. The molecule has 0 unspecified atom stereocenters. The minimum Gasteiger partial charge on any atom is -0.450 e. The molecule has 1 aromatic carbocycles. The van der Waals surface area contributed by atoms with E-state index in [-0.39, 0.29) is 0 Å². The quantitative estimate of drug-likeness (QED) is 0.450. The van der Waals surface area contributed by atoms with Crippen LogP contribution in [0.5, 0.6) is 0 Å². The third-order valence-electron chi connectivity index (χ3n) is 1.03. The van der Waals surface area contributed by atoms with Crippen molar-refractivity contribution in [3.8, 4) is 0 Å². The fraction of sp³-hybridized carbons (Fsp3) is 0. The van der Waals surface area contributed by atoms with Crippen LogP contribution in [0.25, 0.3) is 0 Å². The summed E-state index contributed by atoms with van der Waals surface area (Å²) in [7, 11) is 0. The molecule has 0 fully saturated rings. The number of hydrazine groups is 1. The van der Waals surface area contributed by atoms with Crippen LogP contribution in [0.2, 0.25) is 0 Å². The molecular formula is C7H9BrN2O3. The lowest BCUT2D eigenvalue weighted by Gasteiger charge is -1.99. The van der Waals surface area contributed by atoms with E-state index in [0.29, 0.717) is 0 Å². The Morgan fingerprint density at radius 1 is 1.38 bits per heavy atom. The maximum atomic E-state index is 8.56. The molecule has 5 nitrogen and oxygen atoms in total. The zero-order valence-corrected chi connectivity index (χ0v) is 8.15. The molecule has 0 heterocycles.